The van der Waals surface area contributed by atoms with Crippen LogP contribution in [0.5, 0.6) is 11.6 Å². The number of fused-ring (bicyclic) bond motifs is 1. The third kappa shape index (κ3) is 3.94. The molecule has 1 aliphatic rings. The van der Waals surface area contributed by atoms with Crippen LogP contribution in [0.2, 0.25) is 0 Å². The quantitative estimate of drug-likeness (QED) is 0.338. The summed E-state index contributed by atoms with van der Waals surface area (Å²) in [6, 6.07) is 14.5. The van der Waals surface area contributed by atoms with E-state index in [2.05, 4.69) is 24.8 Å². The molecule has 1 fully saturated rings. The predicted molar refractivity (Wildman–Crippen MR) is 122 cm³/mol. The minimum atomic E-state index is -0.178. The fraction of sp³-hybridized carbons (Fsp3) is 0.208. The van der Waals surface area contributed by atoms with Crippen molar-refractivity contribution in [2.24, 2.45) is 5.92 Å². The first kappa shape index (κ1) is 19.9. The van der Waals surface area contributed by atoms with E-state index in [9.17, 15) is 4.79 Å². The Hall–Kier alpha value is -4.07. The molecule has 1 atom stereocenters. The molecule has 2 aromatic heterocycles. The molecule has 2 N–H and O–H groups in total. The van der Waals surface area contributed by atoms with Crippen molar-refractivity contribution >= 4 is 28.8 Å². The van der Waals surface area contributed by atoms with Crippen LogP contribution < -0.4 is 9.64 Å². The second kappa shape index (κ2) is 8.58. The Labute approximate surface area is 184 Å². The van der Waals surface area contributed by atoms with Crippen molar-refractivity contribution in [1.82, 2.24) is 19.9 Å². The second-order valence-corrected chi connectivity index (χ2v) is 7.78. The number of aromatic amines is 1. The lowest BCUT2D eigenvalue weighted by Crippen LogP contribution is -2.21. The Morgan fingerprint density at radius 1 is 1.16 bits per heavy atom. The van der Waals surface area contributed by atoms with Crippen molar-refractivity contribution in [2.75, 3.05) is 18.0 Å². The van der Waals surface area contributed by atoms with E-state index in [0.29, 0.717) is 34.8 Å². The number of anilines is 1. The number of ether oxygens (including phenoxy) is 1. The number of hydrogen-bond acceptors (Lipinski definition) is 7. The van der Waals surface area contributed by atoms with Gasteiger partial charge in [0.25, 0.3) is 5.88 Å². The molecule has 8 nitrogen and oxygen atoms in total. The summed E-state index contributed by atoms with van der Waals surface area (Å²) in [4.78, 5) is 31.3. The molecule has 8 heteroatoms. The van der Waals surface area contributed by atoms with Gasteiger partial charge in [-0.1, -0.05) is 12.1 Å². The number of hydrogen-bond donors (Lipinski definition) is 2. The summed E-state index contributed by atoms with van der Waals surface area (Å²) in [5.74, 6) is 2.28. The van der Waals surface area contributed by atoms with Crippen molar-refractivity contribution < 1.29 is 9.53 Å². The first-order valence-electron chi connectivity index (χ1n) is 10.5. The molecule has 0 bridgehead atoms. The lowest BCUT2D eigenvalue weighted by molar-refractivity contribution is 0.103. The van der Waals surface area contributed by atoms with E-state index in [1.807, 2.05) is 24.3 Å². The Morgan fingerprint density at radius 2 is 1.97 bits per heavy atom. The van der Waals surface area contributed by atoms with Gasteiger partial charge in [0.1, 0.15) is 5.75 Å². The maximum absolute atomic E-state index is 12.8. The highest BCUT2D eigenvalue weighted by Gasteiger charge is 2.26. The molecule has 1 unspecified atom stereocenters. The summed E-state index contributed by atoms with van der Waals surface area (Å²) in [5.41, 5.74) is 2.11. The summed E-state index contributed by atoms with van der Waals surface area (Å²) in [6.07, 6.45) is 6.51. The molecule has 0 radical (unpaired) electrons. The normalized spacial score (nSPS) is 15.8. The zero-order chi connectivity index (χ0) is 21.9. The van der Waals surface area contributed by atoms with Crippen LogP contribution in [0, 0.1) is 11.3 Å². The average Bonchev–Trinajstić information content (AvgIpc) is 3.47. The molecule has 0 aliphatic carbocycles. The molecular formula is C24H22N6O2. The molecule has 5 rings (SSSR count). The molecule has 2 aromatic carbocycles. The first-order chi connectivity index (χ1) is 15.7. The Kier molecular flexibility index (Phi) is 5.33. The number of benzene rings is 2. The van der Waals surface area contributed by atoms with Crippen molar-refractivity contribution in [3.05, 3.63) is 72.3 Å². The van der Waals surface area contributed by atoms with E-state index < -0.39 is 0 Å². The Morgan fingerprint density at radius 3 is 2.78 bits per heavy atom. The van der Waals surface area contributed by atoms with Crippen molar-refractivity contribution in [3.63, 3.8) is 0 Å². The summed E-state index contributed by atoms with van der Waals surface area (Å²) >= 11 is 0. The maximum atomic E-state index is 12.8. The lowest BCUT2D eigenvalue weighted by atomic mass is 10.1. The predicted octanol–water partition coefficient (Wildman–Crippen LogP) is 4.24. The largest absolute Gasteiger partial charge is 0.436 e. The van der Waals surface area contributed by atoms with Gasteiger partial charge in [0.05, 0.1) is 11.0 Å². The van der Waals surface area contributed by atoms with Crippen LogP contribution in [0.1, 0.15) is 29.0 Å². The van der Waals surface area contributed by atoms with Crippen molar-refractivity contribution in [3.8, 4) is 11.6 Å². The van der Waals surface area contributed by atoms with Gasteiger partial charge >= 0.3 is 0 Å². The van der Waals surface area contributed by atoms with E-state index >= 15 is 0 Å². The van der Waals surface area contributed by atoms with Gasteiger partial charge in [-0.05, 0) is 61.4 Å². The molecule has 0 amide bonds. The number of carbonyl (C=O) groups excluding carboxylic acids is 1. The van der Waals surface area contributed by atoms with E-state index in [-0.39, 0.29) is 5.78 Å². The highest BCUT2D eigenvalue weighted by Crippen LogP contribution is 2.32. The number of carbonyl (C=O) groups is 1. The fourth-order valence-electron chi connectivity index (χ4n) is 3.97. The monoisotopic (exact) mass is 426 g/mol. The number of rotatable bonds is 7. The number of imidazole rings is 1. The summed E-state index contributed by atoms with van der Waals surface area (Å²) in [7, 11) is 0. The molecule has 1 saturated heterocycles. The standard InChI is InChI=1S/C24H22N6O2/c25-11-9-16-10-14-30(15-16)23-24(27-13-12-26-23)32-18-7-5-17(6-8-18)21(31)22-28-19-3-1-2-4-20(19)29-22/h1-8,11-13,16,25H,9-10,14-15H2,(H,28,29). The molecule has 0 saturated carbocycles. The zero-order valence-electron chi connectivity index (χ0n) is 17.4. The van der Waals surface area contributed by atoms with E-state index in [4.69, 9.17) is 10.1 Å². The number of para-hydroxylation sites is 2. The number of nitrogens with zero attached hydrogens (tertiary/aromatic N) is 4. The molecule has 0 spiro atoms. The smallest absolute Gasteiger partial charge is 0.263 e. The Balaban J connectivity index is 1.32. The maximum Gasteiger partial charge on any atom is 0.263 e. The second-order valence-electron chi connectivity index (χ2n) is 7.78. The van der Waals surface area contributed by atoms with Crippen LogP contribution in [-0.2, 0) is 0 Å². The summed E-state index contributed by atoms with van der Waals surface area (Å²) in [6.45, 7) is 1.69. The van der Waals surface area contributed by atoms with E-state index in [0.717, 1.165) is 37.0 Å². The van der Waals surface area contributed by atoms with Gasteiger partial charge in [-0.15, -0.1) is 0 Å². The van der Waals surface area contributed by atoms with Gasteiger partial charge in [0.2, 0.25) is 5.78 Å². The minimum Gasteiger partial charge on any atom is -0.436 e. The number of ketones is 1. The lowest BCUT2D eigenvalue weighted by Gasteiger charge is -2.19. The van der Waals surface area contributed by atoms with Crippen LogP contribution >= 0.6 is 0 Å². The molecule has 160 valence electrons. The SMILES string of the molecule is N=CCC1CCN(c2nccnc2Oc2ccc(C(=O)c3nc4ccccc4[nH]3)cc2)C1. The zero-order valence-corrected chi connectivity index (χ0v) is 17.4. The molecule has 3 heterocycles. The molecule has 4 aromatic rings. The van der Waals surface area contributed by atoms with Crippen molar-refractivity contribution in [1.29, 1.82) is 5.41 Å². The van der Waals surface area contributed by atoms with E-state index in [1.165, 1.54) is 6.21 Å². The van der Waals surface area contributed by atoms with Crippen molar-refractivity contribution in [2.45, 2.75) is 12.8 Å². The van der Waals surface area contributed by atoms with Gasteiger partial charge in [0, 0.05) is 31.0 Å². The first-order valence-corrected chi connectivity index (χ1v) is 10.5. The molecular weight excluding hydrogens is 404 g/mol. The third-order valence-corrected chi connectivity index (χ3v) is 5.62. The van der Waals surface area contributed by atoms with Crippen LogP contribution in [0.25, 0.3) is 11.0 Å². The van der Waals surface area contributed by atoms with Crippen LogP contribution in [0.15, 0.2) is 60.9 Å². The number of aromatic nitrogens is 4. The van der Waals surface area contributed by atoms with Crippen LogP contribution in [0.3, 0.4) is 0 Å². The van der Waals surface area contributed by atoms with Gasteiger partial charge in [-0.3, -0.25) is 4.79 Å². The molecule has 1 aliphatic heterocycles. The number of nitrogens with one attached hydrogen (secondary N) is 2. The van der Waals surface area contributed by atoms with Gasteiger partial charge in [-0.2, -0.15) is 0 Å². The number of H-pyrrole nitrogens is 1. The topological polar surface area (TPSA) is 108 Å². The minimum absolute atomic E-state index is 0.178. The van der Waals surface area contributed by atoms with Gasteiger partial charge < -0.3 is 20.0 Å². The van der Waals surface area contributed by atoms with Gasteiger partial charge in [0.15, 0.2) is 11.6 Å². The Bertz CT molecular complexity index is 1230. The van der Waals surface area contributed by atoms with E-state index in [1.54, 1.807) is 36.7 Å². The van der Waals surface area contributed by atoms with Crippen LogP contribution in [0.4, 0.5) is 5.82 Å². The fourth-order valence-corrected chi connectivity index (χ4v) is 3.97. The average molecular weight is 426 g/mol. The third-order valence-electron chi connectivity index (χ3n) is 5.62. The van der Waals surface area contributed by atoms with Gasteiger partial charge in [-0.25, -0.2) is 15.0 Å². The highest BCUT2D eigenvalue weighted by molar-refractivity contribution is 6.08. The summed E-state index contributed by atoms with van der Waals surface area (Å²) < 4.78 is 6.01. The summed E-state index contributed by atoms with van der Waals surface area (Å²) in [5, 5.41) is 7.33. The van der Waals surface area contributed by atoms with Crippen LogP contribution in [-0.4, -0.2) is 45.0 Å². The highest BCUT2D eigenvalue weighted by atomic mass is 16.5. The molecule has 32 heavy (non-hydrogen) atoms.